The molecule has 0 aromatic rings. The lowest BCUT2D eigenvalue weighted by molar-refractivity contribution is -0.185. The fourth-order valence-corrected chi connectivity index (χ4v) is 2.45. The van der Waals surface area contributed by atoms with Crippen molar-refractivity contribution in [3.05, 3.63) is 0 Å². The second-order valence-corrected chi connectivity index (χ2v) is 6.17. The number of carbonyl (C=O) groups is 1. The third kappa shape index (κ3) is 2.90. The highest BCUT2D eigenvalue weighted by atomic mass is 19.4. The molecular weight excluding hydrogens is 247 g/mol. The summed E-state index contributed by atoms with van der Waals surface area (Å²) in [5.41, 5.74) is -0.674. The number of piperidine rings is 1. The van der Waals surface area contributed by atoms with E-state index in [9.17, 15) is 18.0 Å². The minimum absolute atomic E-state index is 0.00195. The van der Waals surface area contributed by atoms with E-state index in [2.05, 4.69) is 0 Å². The molecule has 2 rings (SSSR count). The first-order valence-electron chi connectivity index (χ1n) is 6.14. The second kappa shape index (κ2) is 4.03. The quantitative estimate of drug-likeness (QED) is 0.673. The van der Waals surface area contributed by atoms with E-state index in [4.69, 9.17) is 4.74 Å². The van der Waals surface area contributed by atoms with Gasteiger partial charge in [0, 0.05) is 12.6 Å². The van der Waals surface area contributed by atoms with E-state index in [1.54, 1.807) is 20.8 Å². The molecule has 104 valence electrons. The van der Waals surface area contributed by atoms with Gasteiger partial charge in [0.2, 0.25) is 0 Å². The summed E-state index contributed by atoms with van der Waals surface area (Å²) < 4.78 is 43.3. The number of hydrogen-bond donors (Lipinski definition) is 0. The van der Waals surface area contributed by atoms with Crippen molar-refractivity contribution >= 4 is 6.09 Å². The Morgan fingerprint density at radius 2 is 1.83 bits per heavy atom. The Labute approximate surface area is 104 Å². The maximum absolute atomic E-state index is 12.7. The summed E-state index contributed by atoms with van der Waals surface area (Å²) in [6.07, 6.45) is -4.03. The second-order valence-electron chi connectivity index (χ2n) is 6.17. The smallest absolute Gasteiger partial charge is 0.410 e. The lowest BCUT2D eigenvalue weighted by Crippen LogP contribution is -2.47. The van der Waals surface area contributed by atoms with Gasteiger partial charge in [-0.1, -0.05) is 0 Å². The van der Waals surface area contributed by atoms with Crippen LogP contribution in [0.3, 0.4) is 0 Å². The highest BCUT2D eigenvalue weighted by Gasteiger charge is 2.56. The topological polar surface area (TPSA) is 29.5 Å². The number of halogens is 3. The van der Waals surface area contributed by atoms with Crippen LogP contribution in [0, 0.1) is 11.8 Å². The molecule has 0 aromatic carbocycles. The number of amides is 1. The number of alkyl halides is 3. The maximum atomic E-state index is 12.7. The number of hydrogen-bond acceptors (Lipinski definition) is 2. The monoisotopic (exact) mass is 265 g/mol. The van der Waals surface area contributed by atoms with Crippen LogP contribution in [0.2, 0.25) is 0 Å². The molecule has 1 saturated carbocycles. The molecule has 1 amide bonds. The van der Waals surface area contributed by atoms with Crippen LogP contribution in [0.15, 0.2) is 0 Å². The minimum Gasteiger partial charge on any atom is -0.444 e. The first-order chi connectivity index (χ1) is 8.08. The number of fused-ring (bicyclic) bond motifs is 1. The van der Waals surface area contributed by atoms with Crippen molar-refractivity contribution in [2.24, 2.45) is 11.8 Å². The number of carbonyl (C=O) groups excluding carboxylic acids is 1. The van der Waals surface area contributed by atoms with Crippen molar-refractivity contribution < 1.29 is 22.7 Å². The van der Waals surface area contributed by atoms with Crippen LogP contribution < -0.4 is 0 Å². The molecule has 1 heterocycles. The van der Waals surface area contributed by atoms with E-state index >= 15 is 0 Å². The predicted molar refractivity (Wildman–Crippen MR) is 59.0 cm³/mol. The summed E-state index contributed by atoms with van der Waals surface area (Å²) in [5, 5.41) is 0. The van der Waals surface area contributed by atoms with Gasteiger partial charge in [0.05, 0.1) is 5.92 Å². The lowest BCUT2D eigenvalue weighted by Gasteiger charge is -2.34. The fourth-order valence-electron chi connectivity index (χ4n) is 2.45. The van der Waals surface area contributed by atoms with Crippen molar-refractivity contribution in [1.82, 2.24) is 4.90 Å². The van der Waals surface area contributed by atoms with E-state index in [1.165, 1.54) is 4.90 Å². The van der Waals surface area contributed by atoms with Crippen molar-refractivity contribution in [1.29, 1.82) is 0 Å². The highest BCUT2D eigenvalue weighted by Crippen LogP contribution is 2.49. The predicted octanol–water partition coefficient (Wildman–Crippen LogP) is 3.19. The summed E-state index contributed by atoms with van der Waals surface area (Å²) in [6.45, 7) is 4.86. The summed E-state index contributed by atoms with van der Waals surface area (Å²) in [6, 6.07) is -0.0431. The van der Waals surface area contributed by atoms with Crippen LogP contribution in [-0.4, -0.2) is 35.4 Å². The molecule has 3 nitrogen and oxygen atoms in total. The Bertz CT molecular complexity index is 348. The van der Waals surface area contributed by atoms with Crippen LogP contribution in [0.4, 0.5) is 18.0 Å². The fraction of sp³-hybridized carbons (Fsp3) is 0.917. The summed E-state index contributed by atoms with van der Waals surface area (Å²) in [4.78, 5) is 13.1. The molecule has 1 saturated heterocycles. The molecular formula is C12H18F3NO2. The zero-order chi connectivity index (χ0) is 13.7. The van der Waals surface area contributed by atoms with Crippen LogP contribution in [0.25, 0.3) is 0 Å². The van der Waals surface area contributed by atoms with Crippen LogP contribution in [-0.2, 0) is 4.74 Å². The number of rotatable bonds is 0. The SMILES string of the molecule is CC(C)(C)OC(=O)N1CC(C(F)(F)F)CC2CC21. The zero-order valence-electron chi connectivity index (χ0n) is 10.8. The van der Waals surface area contributed by atoms with Crippen molar-refractivity contribution in [2.75, 3.05) is 6.54 Å². The van der Waals surface area contributed by atoms with Gasteiger partial charge in [0.1, 0.15) is 5.60 Å². The Hall–Kier alpha value is -0.940. The molecule has 3 atom stereocenters. The molecule has 2 aliphatic rings. The van der Waals surface area contributed by atoms with Crippen molar-refractivity contribution in [2.45, 2.75) is 51.4 Å². The van der Waals surface area contributed by atoms with Gasteiger partial charge in [-0.2, -0.15) is 13.2 Å². The molecule has 0 radical (unpaired) electrons. The van der Waals surface area contributed by atoms with E-state index in [0.29, 0.717) is 6.42 Å². The van der Waals surface area contributed by atoms with Gasteiger partial charge in [-0.3, -0.25) is 0 Å². The number of nitrogens with zero attached hydrogens (tertiary/aromatic N) is 1. The maximum Gasteiger partial charge on any atom is 0.410 e. The van der Waals surface area contributed by atoms with E-state index in [1.807, 2.05) is 0 Å². The molecule has 0 N–H and O–H groups in total. The molecule has 3 unspecified atom stereocenters. The average molecular weight is 265 g/mol. The molecule has 0 bridgehead atoms. The lowest BCUT2D eigenvalue weighted by atomic mass is 9.97. The van der Waals surface area contributed by atoms with Crippen LogP contribution >= 0.6 is 0 Å². The van der Waals surface area contributed by atoms with E-state index in [0.717, 1.165) is 0 Å². The molecule has 1 aliphatic heterocycles. The Kier molecular flexibility index (Phi) is 3.02. The van der Waals surface area contributed by atoms with Crippen LogP contribution in [0.1, 0.15) is 33.6 Å². The molecule has 18 heavy (non-hydrogen) atoms. The van der Waals surface area contributed by atoms with Gasteiger partial charge >= 0.3 is 12.3 Å². The van der Waals surface area contributed by atoms with Gasteiger partial charge in [-0.15, -0.1) is 0 Å². The molecule has 0 aromatic heterocycles. The van der Waals surface area contributed by atoms with Gasteiger partial charge in [0.15, 0.2) is 0 Å². The van der Waals surface area contributed by atoms with Crippen molar-refractivity contribution in [3.8, 4) is 0 Å². The number of ether oxygens (including phenoxy) is 1. The van der Waals surface area contributed by atoms with Gasteiger partial charge < -0.3 is 9.64 Å². The highest BCUT2D eigenvalue weighted by molar-refractivity contribution is 5.69. The molecule has 2 fully saturated rings. The Morgan fingerprint density at radius 3 is 2.33 bits per heavy atom. The first-order valence-corrected chi connectivity index (χ1v) is 6.14. The minimum atomic E-state index is -4.23. The molecule has 0 spiro atoms. The van der Waals surface area contributed by atoms with E-state index < -0.39 is 23.8 Å². The third-order valence-electron chi connectivity index (χ3n) is 3.38. The average Bonchev–Trinajstić information content (AvgIpc) is 2.89. The summed E-state index contributed by atoms with van der Waals surface area (Å²) in [5.74, 6) is -1.41. The normalized spacial score (nSPS) is 31.9. The van der Waals surface area contributed by atoms with Gasteiger partial charge in [0.25, 0.3) is 0 Å². The summed E-state index contributed by atoms with van der Waals surface area (Å²) >= 11 is 0. The molecule has 1 aliphatic carbocycles. The number of likely N-dealkylation sites (tertiary alicyclic amines) is 1. The zero-order valence-corrected chi connectivity index (χ0v) is 10.8. The molecule has 6 heteroatoms. The van der Waals surface area contributed by atoms with Crippen molar-refractivity contribution in [3.63, 3.8) is 0 Å². The Morgan fingerprint density at radius 1 is 1.22 bits per heavy atom. The van der Waals surface area contributed by atoms with Crippen LogP contribution in [0.5, 0.6) is 0 Å². The van der Waals surface area contributed by atoms with E-state index in [-0.39, 0.29) is 24.9 Å². The first kappa shape index (κ1) is 13.5. The third-order valence-corrected chi connectivity index (χ3v) is 3.38. The summed E-state index contributed by atoms with van der Waals surface area (Å²) in [7, 11) is 0. The van der Waals surface area contributed by atoms with Gasteiger partial charge in [-0.25, -0.2) is 4.79 Å². The largest absolute Gasteiger partial charge is 0.444 e. The van der Waals surface area contributed by atoms with Gasteiger partial charge in [-0.05, 0) is 39.5 Å². The standard InChI is InChI=1S/C12H18F3NO2/c1-11(2,3)18-10(17)16-6-8(12(13,14)15)4-7-5-9(7)16/h7-9H,4-6H2,1-3H3. The Balaban J connectivity index is 2.03.